The molecule has 162 valence electrons. The van der Waals surface area contributed by atoms with Crippen LogP contribution in [0.25, 0.3) is 10.1 Å². The van der Waals surface area contributed by atoms with Crippen molar-refractivity contribution in [2.45, 2.75) is 0 Å². The van der Waals surface area contributed by atoms with E-state index in [1.54, 1.807) is 30.2 Å². The lowest BCUT2D eigenvalue weighted by Crippen LogP contribution is -2.50. The van der Waals surface area contributed by atoms with E-state index < -0.39 is 0 Å². The molecule has 1 aromatic heterocycles. The number of rotatable bonds is 5. The molecular formula is C22H21Cl2N3O3S. The number of piperazine rings is 1. The number of amides is 2. The zero-order valence-corrected chi connectivity index (χ0v) is 19.2. The average molecular weight is 478 g/mol. The summed E-state index contributed by atoms with van der Waals surface area (Å²) in [5.74, 6) is 0.418. The van der Waals surface area contributed by atoms with Crippen molar-refractivity contribution >= 4 is 62.1 Å². The van der Waals surface area contributed by atoms with Gasteiger partial charge in [-0.05, 0) is 24.3 Å². The maximum atomic E-state index is 13.0. The lowest BCUT2D eigenvalue weighted by Gasteiger charge is -2.34. The van der Waals surface area contributed by atoms with Gasteiger partial charge in [0.25, 0.3) is 5.91 Å². The molecule has 0 saturated carbocycles. The lowest BCUT2D eigenvalue weighted by molar-refractivity contribution is -0.117. The summed E-state index contributed by atoms with van der Waals surface area (Å²) in [7, 11) is 1.57. The van der Waals surface area contributed by atoms with Gasteiger partial charge in [-0.3, -0.25) is 14.5 Å². The summed E-state index contributed by atoms with van der Waals surface area (Å²) in [5.41, 5.74) is 0.642. The minimum atomic E-state index is -0.117. The number of nitrogens with one attached hydrogen (secondary N) is 1. The second kappa shape index (κ2) is 9.44. The van der Waals surface area contributed by atoms with Crippen molar-refractivity contribution in [3.63, 3.8) is 0 Å². The Kier molecular flexibility index (Phi) is 6.67. The highest BCUT2D eigenvalue weighted by Crippen LogP contribution is 2.37. The number of fused-ring (bicyclic) bond motifs is 1. The van der Waals surface area contributed by atoms with E-state index in [0.29, 0.717) is 52.5 Å². The molecule has 0 aliphatic carbocycles. The van der Waals surface area contributed by atoms with E-state index in [9.17, 15) is 9.59 Å². The van der Waals surface area contributed by atoms with Gasteiger partial charge >= 0.3 is 0 Å². The van der Waals surface area contributed by atoms with Crippen LogP contribution in [-0.2, 0) is 4.79 Å². The van der Waals surface area contributed by atoms with Crippen LogP contribution >= 0.6 is 34.5 Å². The number of carbonyl (C=O) groups excluding carboxylic acids is 2. The molecule has 1 saturated heterocycles. The van der Waals surface area contributed by atoms with Gasteiger partial charge in [-0.15, -0.1) is 11.3 Å². The first-order valence-corrected chi connectivity index (χ1v) is 11.4. The SMILES string of the molecule is COc1ccccc1NC(=O)CN1CCN(C(=O)c2sc3cc(Cl)ccc3c2Cl)CC1. The van der Waals surface area contributed by atoms with E-state index in [1.165, 1.54) is 11.3 Å². The third-order valence-electron chi connectivity index (χ3n) is 5.19. The fourth-order valence-electron chi connectivity index (χ4n) is 3.57. The van der Waals surface area contributed by atoms with Gasteiger partial charge in [-0.1, -0.05) is 41.4 Å². The number of anilines is 1. The summed E-state index contributed by atoms with van der Waals surface area (Å²) in [6.45, 7) is 2.54. The van der Waals surface area contributed by atoms with Crippen molar-refractivity contribution in [1.82, 2.24) is 9.80 Å². The highest BCUT2D eigenvalue weighted by Gasteiger charge is 2.27. The Hall–Kier alpha value is -2.32. The monoisotopic (exact) mass is 477 g/mol. The van der Waals surface area contributed by atoms with Crippen LogP contribution in [-0.4, -0.2) is 61.4 Å². The summed E-state index contributed by atoms with van der Waals surface area (Å²) in [6.07, 6.45) is 0. The molecule has 0 bridgehead atoms. The van der Waals surface area contributed by atoms with Crippen LogP contribution < -0.4 is 10.1 Å². The van der Waals surface area contributed by atoms with Gasteiger partial charge in [0.15, 0.2) is 0 Å². The largest absolute Gasteiger partial charge is 0.495 e. The summed E-state index contributed by atoms with van der Waals surface area (Å²) < 4.78 is 6.16. The van der Waals surface area contributed by atoms with E-state index in [-0.39, 0.29) is 18.4 Å². The smallest absolute Gasteiger partial charge is 0.265 e. The molecule has 0 unspecified atom stereocenters. The molecule has 0 spiro atoms. The quantitative estimate of drug-likeness (QED) is 0.582. The molecule has 6 nitrogen and oxygen atoms in total. The molecule has 2 heterocycles. The van der Waals surface area contributed by atoms with Gasteiger partial charge < -0.3 is 15.0 Å². The summed E-state index contributed by atoms with van der Waals surface area (Å²) in [5, 5.41) is 4.81. The highest BCUT2D eigenvalue weighted by atomic mass is 35.5. The summed E-state index contributed by atoms with van der Waals surface area (Å²) in [4.78, 5) is 29.8. The number of para-hydroxylation sites is 2. The number of hydrogen-bond acceptors (Lipinski definition) is 5. The van der Waals surface area contributed by atoms with Gasteiger partial charge in [0.05, 0.1) is 24.4 Å². The first-order valence-electron chi connectivity index (χ1n) is 9.78. The first-order chi connectivity index (χ1) is 15.0. The molecule has 3 aromatic rings. The average Bonchev–Trinajstić information content (AvgIpc) is 3.09. The predicted octanol–water partition coefficient (Wildman–Crippen LogP) is 4.61. The van der Waals surface area contributed by atoms with Crippen LogP contribution in [0.15, 0.2) is 42.5 Å². The Bertz CT molecular complexity index is 1130. The Labute approximate surface area is 194 Å². The maximum absolute atomic E-state index is 13.0. The molecule has 2 amide bonds. The third-order valence-corrected chi connectivity index (χ3v) is 7.07. The number of halogens is 2. The topological polar surface area (TPSA) is 61.9 Å². The lowest BCUT2D eigenvalue weighted by atomic mass is 10.2. The van der Waals surface area contributed by atoms with E-state index >= 15 is 0 Å². The van der Waals surface area contributed by atoms with E-state index in [0.717, 1.165) is 10.1 Å². The molecule has 1 aliphatic heterocycles. The van der Waals surface area contributed by atoms with Crippen molar-refractivity contribution in [3.05, 3.63) is 57.4 Å². The first kappa shape index (κ1) is 21.9. The minimum absolute atomic E-state index is 0.0829. The molecule has 9 heteroatoms. The predicted molar refractivity (Wildman–Crippen MR) is 126 cm³/mol. The van der Waals surface area contributed by atoms with Crippen molar-refractivity contribution in [2.75, 3.05) is 45.2 Å². The van der Waals surface area contributed by atoms with Crippen LogP contribution in [0, 0.1) is 0 Å². The summed E-state index contributed by atoms with van der Waals surface area (Å²) >= 11 is 13.9. The zero-order valence-electron chi connectivity index (χ0n) is 16.9. The number of nitrogens with zero attached hydrogens (tertiary/aromatic N) is 2. The molecule has 31 heavy (non-hydrogen) atoms. The van der Waals surface area contributed by atoms with Crippen LogP contribution in [0.2, 0.25) is 10.0 Å². The van der Waals surface area contributed by atoms with Crippen molar-refractivity contribution < 1.29 is 14.3 Å². The standard InChI is InChI=1S/C22H21Cl2N3O3S/c1-30-17-5-3-2-4-16(17)25-19(28)13-26-8-10-27(11-9-26)22(29)21-20(24)15-7-6-14(23)12-18(15)31-21/h2-7,12H,8-11,13H2,1H3,(H,25,28). The summed E-state index contributed by atoms with van der Waals surface area (Å²) in [6, 6.07) is 12.7. The number of methoxy groups -OCH3 is 1. The fourth-order valence-corrected chi connectivity index (χ4v) is 5.33. The Morgan fingerprint density at radius 3 is 2.58 bits per heavy atom. The van der Waals surface area contributed by atoms with Crippen LogP contribution in [0.5, 0.6) is 5.75 Å². The fraction of sp³-hybridized carbons (Fsp3) is 0.273. The molecule has 1 N–H and O–H groups in total. The number of benzene rings is 2. The van der Waals surface area contributed by atoms with E-state index in [1.807, 2.05) is 29.2 Å². The maximum Gasteiger partial charge on any atom is 0.265 e. The van der Waals surface area contributed by atoms with E-state index in [4.69, 9.17) is 27.9 Å². The van der Waals surface area contributed by atoms with Crippen LogP contribution in [0.4, 0.5) is 5.69 Å². The van der Waals surface area contributed by atoms with E-state index in [2.05, 4.69) is 5.32 Å². The number of ether oxygens (including phenoxy) is 1. The second-order valence-corrected chi connectivity index (χ2v) is 9.07. The number of hydrogen-bond donors (Lipinski definition) is 1. The van der Waals surface area contributed by atoms with Gasteiger partial charge in [-0.2, -0.15) is 0 Å². The van der Waals surface area contributed by atoms with Crippen LogP contribution in [0.1, 0.15) is 9.67 Å². The Balaban J connectivity index is 1.35. The van der Waals surface area contributed by atoms with Gasteiger partial charge in [-0.25, -0.2) is 0 Å². The highest BCUT2D eigenvalue weighted by molar-refractivity contribution is 7.21. The number of carbonyl (C=O) groups is 2. The zero-order chi connectivity index (χ0) is 22.0. The third kappa shape index (κ3) is 4.80. The molecule has 2 aromatic carbocycles. The minimum Gasteiger partial charge on any atom is -0.495 e. The molecule has 1 aliphatic rings. The van der Waals surface area contributed by atoms with Gasteiger partial charge in [0.2, 0.25) is 5.91 Å². The van der Waals surface area contributed by atoms with Gasteiger partial charge in [0.1, 0.15) is 10.6 Å². The normalized spacial score (nSPS) is 14.6. The molecule has 0 radical (unpaired) electrons. The molecule has 0 atom stereocenters. The second-order valence-electron chi connectivity index (χ2n) is 7.20. The van der Waals surface area contributed by atoms with Crippen molar-refractivity contribution in [3.8, 4) is 5.75 Å². The molecule has 4 rings (SSSR count). The molecule has 1 fully saturated rings. The number of thiophene rings is 1. The van der Waals surface area contributed by atoms with Crippen molar-refractivity contribution in [1.29, 1.82) is 0 Å². The Morgan fingerprint density at radius 1 is 1.10 bits per heavy atom. The Morgan fingerprint density at radius 2 is 1.84 bits per heavy atom. The van der Waals surface area contributed by atoms with Gasteiger partial charge in [0, 0.05) is 41.3 Å². The van der Waals surface area contributed by atoms with Crippen molar-refractivity contribution in [2.24, 2.45) is 0 Å². The molecular weight excluding hydrogens is 457 g/mol. The van der Waals surface area contributed by atoms with Crippen LogP contribution in [0.3, 0.4) is 0 Å².